The first-order valence-corrected chi connectivity index (χ1v) is 6.91. The first-order valence-electron chi connectivity index (χ1n) is 6.91. The highest BCUT2D eigenvalue weighted by Crippen LogP contribution is 2.36. The molecule has 0 amide bonds. The third-order valence-corrected chi connectivity index (χ3v) is 4.16. The molecule has 0 spiro atoms. The Bertz CT molecular complexity index is 144. The Balaban J connectivity index is 3.73. The molecule has 0 rings (SSSR count). The van der Waals surface area contributed by atoms with Crippen LogP contribution in [0.15, 0.2) is 0 Å². The van der Waals surface area contributed by atoms with E-state index in [0.717, 1.165) is 11.8 Å². The number of hydrogen-bond donors (Lipinski definition) is 0. The van der Waals surface area contributed by atoms with Crippen LogP contribution in [0.4, 0.5) is 0 Å². The quantitative estimate of drug-likeness (QED) is 0.455. The van der Waals surface area contributed by atoms with Gasteiger partial charge in [0, 0.05) is 0 Å². The molecule has 1 unspecified atom stereocenters. The van der Waals surface area contributed by atoms with Crippen LogP contribution in [0, 0.1) is 17.3 Å². The van der Waals surface area contributed by atoms with Gasteiger partial charge in [-0.05, 0) is 23.7 Å². The molecule has 0 bridgehead atoms. The first-order chi connectivity index (χ1) is 6.91. The molecular weight excluding hydrogens is 180 g/mol. The van der Waals surface area contributed by atoms with Crippen LogP contribution in [-0.4, -0.2) is 0 Å². The van der Waals surface area contributed by atoms with Gasteiger partial charge in [-0.2, -0.15) is 0 Å². The molecule has 15 heavy (non-hydrogen) atoms. The summed E-state index contributed by atoms with van der Waals surface area (Å²) >= 11 is 0. The summed E-state index contributed by atoms with van der Waals surface area (Å²) in [4.78, 5) is 0. The number of rotatable bonds is 8. The van der Waals surface area contributed by atoms with E-state index in [9.17, 15) is 0 Å². The minimum Gasteiger partial charge on any atom is -0.0654 e. The van der Waals surface area contributed by atoms with Crippen molar-refractivity contribution in [3.63, 3.8) is 0 Å². The molecule has 0 heteroatoms. The van der Waals surface area contributed by atoms with Crippen LogP contribution < -0.4 is 0 Å². The third-order valence-electron chi connectivity index (χ3n) is 4.16. The molecule has 0 N–H and O–H groups in total. The van der Waals surface area contributed by atoms with Crippen LogP contribution in [0.1, 0.15) is 80.1 Å². The Labute approximate surface area is 97.8 Å². The molecule has 0 aliphatic heterocycles. The van der Waals surface area contributed by atoms with E-state index >= 15 is 0 Å². The highest BCUT2D eigenvalue weighted by molar-refractivity contribution is 4.77. The largest absolute Gasteiger partial charge is 0.0654 e. The molecule has 0 aliphatic rings. The van der Waals surface area contributed by atoms with Crippen LogP contribution >= 0.6 is 0 Å². The van der Waals surface area contributed by atoms with Crippen molar-refractivity contribution < 1.29 is 0 Å². The molecule has 0 aromatic heterocycles. The standard InChI is InChI=1S/C15H32/c1-7-8-9-10-11-12-15(5,6)14(4)13(2)3/h13-14H,7-12H2,1-6H3. The maximum atomic E-state index is 2.44. The fraction of sp³-hybridized carbons (Fsp3) is 1.00. The summed E-state index contributed by atoms with van der Waals surface area (Å²) in [5.41, 5.74) is 0.528. The van der Waals surface area contributed by atoms with E-state index < -0.39 is 0 Å². The molecule has 0 heterocycles. The molecule has 0 aromatic rings. The van der Waals surface area contributed by atoms with E-state index in [4.69, 9.17) is 0 Å². The molecule has 0 fully saturated rings. The second kappa shape index (κ2) is 7.30. The van der Waals surface area contributed by atoms with E-state index in [-0.39, 0.29) is 0 Å². The molecule has 92 valence electrons. The number of unbranched alkanes of at least 4 members (excludes halogenated alkanes) is 4. The van der Waals surface area contributed by atoms with Gasteiger partial charge in [0.2, 0.25) is 0 Å². The van der Waals surface area contributed by atoms with Crippen molar-refractivity contribution in [1.82, 2.24) is 0 Å². The maximum Gasteiger partial charge on any atom is -0.0326 e. The smallest absolute Gasteiger partial charge is 0.0326 e. The highest BCUT2D eigenvalue weighted by atomic mass is 14.3. The normalized spacial score (nSPS) is 14.6. The van der Waals surface area contributed by atoms with Gasteiger partial charge < -0.3 is 0 Å². The average Bonchev–Trinajstić information content (AvgIpc) is 2.16. The van der Waals surface area contributed by atoms with Crippen molar-refractivity contribution in [3.05, 3.63) is 0 Å². The van der Waals surface area contributed by atoms with Gasteiger partial charge >= 0.3 is 0 Å². The van der Waals surface area contributed by atoms with Crippen molar-refractivity contribution in [2.45, 2.75) is 80.1 Å². The molecule has 0 radical (unpaired) electrons. The van der Waals surface area contributed by atoms with E-state index in [2.05, 4.69) is 41.5 Å². The molecule has 1 atom stereocenters. The van der Waals surface area contributed by atoms with Gasteiger partial charge in [0.15, 0.2) is 0 Å². The minimum absolute atomic E-state index is 0.528. The Morgan fingerprint density at radius 2 is 1.40 bits per heavy atom. The van der Waals surface area contributed by atoms with Crippen molar-refractivity contribution in [2.24, 2.45) is 17.3 Å². The van der Waals surface area contributed by atoms with Gasteiger partial charge in [0.05, 0.1) is 0 Å². The summed E-state index contributed by atoms with van der Waals surface area (Å²) in [6.45, 7) is 14.3. The van der Waals surface area contributed by atoms with Crippen molar-refractivity contribution >= 4 is 0 Å². The maximum absolute atomic E-state index is 2.44. The SMILES string of the molecule is CCCCCCCC(C)(C)C(C)C(C)C. The molecule has 0 saturated heterocycles. The Morgan fingerprint density at radius 3 is 1.87 bits per heavy atom. The van der Waals surface area contributed by atoms with Crippen LogP contribution in [0.25, 0.3) is 0 Å². The summed E-state index contributed by atoms with van der Waals surface area (Å²) in [6, 6.07) is 0. The lowest BCUT2D eigenvalue weighted by atomic mass is 9.71. The lowest BCUT2D eigenvalue weighted by molar-refractivity contribution is 0.156. The predicted molar refractivity (Wildman–Crippen MR) is 71.2 cm³/mol. The van der Waals surface area contributed by atoms with Crippen LogP contribution in [0.3, 0.4) is 0 Å². The monoisotopic (exact) mass is 212 g/mol. The van der Waals surface area contributed by atoms with Crippen molar-refractivity contribution in [3.8, 4) is 0 Å². The molecular formula is C15H32. The Hall–Kier alpha value is 0. The van der Waals surface area contributed by atoms with Gasteiger partial charge in [-0.1, -0.05) is 73.6 Å². The summed E-state index contributed by atoms with van der Waals surface area (Å²) < 4.78 is 0. The summed E-state index contributed by atoms with van der Waals surface area (Å²) in [5.74, 6) is 1.65. The summed E-state index contributed by atoms with van der Waals surface area (Å²) in [7, 11) is 0. The summed E-state index contributed by atoms with van der Waals surface area (Å²) in [5, 5.41) is 0. The molecule has 0 aliphatic carbocycles. The van der Waals surface area contributed by atoms with Crippen molar-refractivity contribution in [1.29, 1.82) is 0 Å². The molecule has 0 aromatic carbocycles. The van der Waals surface area contributed by atoms with Gasteiger partial charge in [0.1, 0.15) is 0 Å². The zero-order valence-corrected chi connectivity index (χ0v) is 11.9. The topological polar surface area (TPSA) is 0 Å². The average molecular weight is 212 g/mol. The highest BCUT2D eigenvalue weighted by Gasteiger charge is 2.27. The van der Waals surface area contributed by atoms with Gasteiger partial charge in [-0.25, -0.2) is 0 Å². The predicted octanol–water partition coefficient (Wildman–Crippen LogP) is 5.67. The van der Waals surface area contributed by atoms with Gasteiger partial charge in [-0.15, -0.1) is 0 Å². The van der Waals surface area contributed by atoms with Gasteiger partial charge in [0.25, 0.3) is 0 Å². The zero-order valence-electron chi connectivity index (χ0n) is 11.9. The van der Waals surface area contributed by atoms with Crippen LogP contribution in [0.5, 0.6) is 0 Å². The molecule has 0 nitrogen and oxygen atoms in total. The minimum atomic E-state index is 0.528. The lowest BCUT2D eigenvalue weighted by Crippen LogP contribution is -2.25. The fourth-order valence-electron chi connectivity index (χ4n) is 2.31. The van der Waals surface area contributed by atoms with Crippen LogP contribution in [-0.2, 0) is 0 Å². The fourth-order valence-corrected chi connectivity index (χ4v) is 2.31. The Morgan fingerprint density at radius 1 is 0.867 bits per heavy atom. The molecule has 0 saturated carbocycles. The number of hydrogen-bond acceptors (Lipinski definition) is 0. The van der Waals surface area contributed by atoms with Crippen molar-refractivity contribution in [2.75, 3.05) is 0 Å². The summed E-state index contributed by atoms with van der Waals surface area (Å²) in [6.07, 6.45) is 8.46. The second-order valence-electron chi connectivity index (χ2n) is 6.19. The van der Waals surface area contributed by atoms with E-state index in [1.807, 2.05) is 0 Å². The Kier molecular flexibility index (Phi) is 7.30. The van der Waals surface area contributed by atoms with E-state index in [0.29, 0.717) is 5.41 Å². The second-order valence-corrected chi connectivity index (χ2v) is 6.19. The van der Waals surface area contributed by atoms with E-state index in [1.165, 1.54) is 38.5 Å². The first kappa shape index (κ1) is 15.0. The van der Waals surface area contributed by atoms with E-state index in [1.54, 1.807) is 0 Å². The van der Waals surface area contributed by atoms with Gasteiger partial charge in [-0.3, -0.25) is 0 Å². The lowest BCUT2D eigenvalue weighted by Gasteiger charge is -2.34. The van der Waals surface area contributed by atoms with Crippen LogP contribution in [0.2, 0.25) is 0 Å². The zero-order chi connectivity index (χ0) is 11.9. The third kappa shape index (κ3) is 6.22.